The van der Waals surface area contributed by atoms with E-state index in [-0.39, 0.29) is 31.5 Å². The lowest BCUT2D eigenvalue weighted by atomic mass is 10.0. The number of carbonyl (C=O) groups excluding carboxylic acids is 2. The highest BCUT2D eigenvalue weighted by Gasteiger charge is 2.30. The Balaban J connectivity index is 4.99. The SMILES string of the molecule is CCCCC/C=C\C/C=C\C/C=C\CCCCCCCCCCCCCCCCC(=O)NC(COP(=O)(O)OCC[N+](C)(C)C)C(/C=C/CCCCCCCCCCCCC)OC(=O)CCCCCCCCCCCCCC/C=C\C/C=C\C/C=C\CCCCC. The summed E-state index contributed by atoms with van der Waals surface area (Å²) in [6.07, 6.45) is 94.6. The van der Waals surface area contributed by atoms with Crippen molar-refractivity contribution in [2.45, 2.75) is 380 Å². The minimum Gasteiger partial charge on any atom is -0.456 e. The number of carbonyl (C=O) groups is 2. The molecule has 0 bridgehead atoms. The molecule has 9 nitrogen and oxygen atoms in total. The highest BCUT2D eigenvalue weighted by Crippen LogP contribution is 2.43. The summed E-state index contributed by atoms with van der Waals surface area (Å²) in [6, 6.07) is -0.854. The molecule has 0 fully saturated rings. The maximum Gasteiger partial charge on any atom is 0.472 e. The highest BCUT2D eigenvalue weighted by molar-refractivity contribution is 7.47. The van der Waals surface area contributed by atoms with Crippen LogP contribution in [0.1, 0.15) is 367 Å². The fraction of sp³-hybridized carbons (Fsp3) is 0.802. The van der Waals surface area contributed by atoms with Crippen LogP contribution in [0.25, 0.3) is 0 Å². The zero-order valence-electron chi connectivity index (χ0n) is 60.8. The smallest absolute Gasteiger partial charge is 0.456 e. The van der Waals surface area contributed by atoms with Gasteiger partial charge >= 0.3 is 13.8 Å². The number of phosphoric ester groups is 1. The minimum absolute atomic E-state index is 0.0386. The molecule has 3 atom stereocenters. The Kier molecular flexibility index (Phi) is 67.8. The third-order valence-electron chi connectivity index (χ3n) is 17.3. The summed E-state index contributed by atoms with van der Waals surface area (Å²) in [5, 5.41) is 3.08. The van der Waals surface area contributed by atoms with Gasteiger partial charge in [-0.3, -0.25) is 18.6 Å². The third kappa shape index (κ3) is 71.3. The van der Waals surface area contributed by atoms with Gasteiger partial charge in [-0.05, 0) is 109 Å². The van der Waals surface area contributed by atoms with E-state index in [2.05, 4.69) is 105 Å². The first kappa shape index (κ1) is 88.2. The van der Waals surface area contributed by atoms with E-state index in [1.54, 1.807) is 0 Å². The van der Waals surface area contributed by atoms with Crippen LogP contribution in [0.5, 0.6) is 0 Å². The molecule has 0 aromatic rings. The van der Waals surface area contributed by atoms with Crippen molar-refractivity contribution in [1.82, 2.24) is 5.32 Å². The molecular weight excluding hydrogens is 1140 g/mol. The number of amides is 1. The topological polar surface area (TPSA) is 111 Å². The molecule has 0 saturated carbocycles. The fourth-order valence-corrected chi connectivity index (χ4v) is 12.0. The van der Waals surface area contributed by atoms with Crippen molar-refractivity contribution in [2.75, 3.05) is 40.9 Å². The van der Waals surface area contributed by atoms with Crippen molar-refractivity contribution >= 4 is 19.7 Å². The van der Waals surface area contributed by atoms with Crippen molar-refractivity contribution in [3.63, 3.8) is 0 Å². The van der Waals surface area contributed by atoms with Crippen LogP contribution >= 0.6 is 7.82 Å². The van der Waals surface area contributed by atoms with Crippen LogP contribution in [0.4, 0.5) is 0 Å². The second-order valence-corrected chi connectivity index (χ2v) is 29.0. The molecule has 0 aromatic heterocycles. The van der Waals surface area contributed by atoms with Gasteiger partial charge in [-0.15, -0.1) is 0 Å². The van der Waals surface area contributed by atoms with E-state index >= 15 is 0 Å². The number of nitrogens with zero attached hydrogens (tertiary/aromatic N) is 1. The summed E-state index contributed by atoms with van der Waals surface area (Å²) in [4.78, 5) is 38.0. The van der Waals surface area contributed by atoms with E-state index in [0.29, 0.717) is 17.4 Å². The van der Waals surface area contributed by atoms with E-state index in [1.807, 2.05) is 27.2 Å². The van der Waals surface area contributed by atoms with Gasteiger partial charge in [-0.25, -0.2) is 4.57 Å². The molecule has 0 saturated heterocycles. The van der Waals surface area contributed by atoms with Gasteiger partial charge in [0.25, 0.3) is 0 Å². The summed E-state index contributed by atoms with van der Waals surface area (Å²) < 4.78 is 30.9. The third-order valence-corrected chi connectivity index (χ3v) is 18.3. The number of ether oxygens (including phenoxy) is 1. The van der Waals surface area contributed by atoms with E-state index in [0.717, 1.165) is 83.5 Å². The van der Waals surface area contributed by atoms with E-state index in [9.17, 15) is 19.0 Å². The number of likely N-dealkylation sites (N-methyl/N-ethyl adjacent to an activating group) is 1. The monoisotopic (exact) mass is 1290 g/mol. The molecule has 0 aliphatic heterocycles. The number of quaternary nitrogens is 1. The number of allylic oxidation sites excluding steroid dienone is 13. The first-order chi connectivity index (χ1) is 44.4. The van der Waals surface area contributed by atoms with Crippen molar-refractivity contribution < 1.29 is 37.3 Å². The maximum absolute atomic E-state index is 13.7. The van der Waals surface area contributed by atoms with Gasteiger partial charge < -0.3 is 19.4 Å². The van der Waals surface area contributed by atoms with Crippen molar-refractivity contribution in [1.29, 1.82) is 0 Å². The van der Waals surface area contributed by atoms with Crippen LogP contribution in [0.15, 0.2) is 85.1 Å². The predicted octanol–water partition coefficient (Wildman–Crippen LogP) is 25.2. The fourth-order valence-electron chi connectivity index (χ4n) is 11.3. The largest absolute Gasteiger partial charge is 0.472 e. The lowest BCUT2D eigenvalue weighted by Crippen LogP contribution is -2.47. The number of rotatable bonds is 71. The summed E-state index contributed by atoms with van der Waals surface area (Å²) in [5.41, 5.74) is 0. The van der Waals surface area contributed by atoms with Gasteiger partial charge in [0.05, 0.1) is 33.8 Å². The van der Waals surface area contributed by atoms with E-state index in [1.165, 1.54) is 250 Å². The lowest BCUT2D eigenvalue weighted by molar-refractivity contribution is -0.870. The second kappa shape index (κ2) is 70.0. The van der Waals surface area contributed by atoms with Crippen LogP contribution in [-0.2, 0) is 27.9 Å². The van der Waals surface area contributed by atoms with Gasteiger partial charge in [0.15, 0.2) is 0 Å². The quantitative estimate of drug-likeness (QED) is 0.0205. The Hall–Kier alpha value is -2.81. The zero-order chi connectivity index (χ0) is 66.3. The zero-order valence-corrected chi connectivity index (χ0v) is 61.7. The van der Waals surface area contributed by atoms with E-state index in [4.69, 9.17) is 13.8 Å². The van der Waals surface area contributed by atoms with Gasteiger partial charge in [-0.1, -0.05) is 331 Å². The molecule has 1 amide bonds. The number of esters is 1. The summed E-state index contributed by atoms with van der Waals surface area (Å²) in [7, 11) is 1.50. The molecule has 0 spiro atoms. The molecule has 91 heavy (non-hydrogen) atoms. The molecular formula is C81H150N2O7P+. The standard InChI is InChI=1S/C81H149N2O7P/c1-7-10-13-16-19-22-25-28-30-32-34-36-38-40-41-43-44-46-48-50-52-55-58-61-64-67-70-73-80(84)82-78(77-89-91(86,87)88-76-75-83(4,5)6)79(72-69-66-63-60-57-54-27-24-21-18-15-12-9-3)90-81(85)74-71-68-65-62-59-56-53-51-49-47-45-42-39-37-35-33-31-29-26-23-20-17-14-11-8-2/h19-20,22-23,28-31,34-37,69,72,78-79H,7-18,21,24-27,32-33,38-68,70-71,73-77H2,1-6H3,(H-,82,84,86,87)/p+1/b22-19-,23-20-,30-28-,31-29-,36-34-,37-35-,72-69+. The summed E-state index contributed by atoms with van der Waals surface area (Å²) in [6.45, 7) is 7.00. The Bertz CT molecular complexity index is 1830. The number of unbranched alkanes of at least 4 members (excludes halogenated alkanes) is 43. The van der Waals surface area contributed by atoms with Gasteiger partial charge in [0, 0.05) is 12.8 Å². The van der Waals surface area contributed by atoms with Crippen LogP contribution < -0.4 is 5.32 Å². The lowest BCUT2D eigenvalue weighted by Gasteiger charge is -2.27. The van der Waals surface area contributed by atoms with Gasteiger partial charge in [0.1, 0.15) is 19.3 Å². The predicted molar refractivity (Wildman–Crippen MR) is 397 cm³/mol. The molecule has 0 aromatic carbocycles. The molecule has 0 aliphatic rings. The van der Waals surface area contributed by atoms with Crippen LogP contribution in [-0.4, -0.2) is 74.3 Å². The Morgan fingerprint density at radius 2 is 0.670 bits per heavy atom. The maximum atomic E-state index is 13.7. The number of nitrogens with one attached hydrogen (secondary N) is 1. The van der Waals surface area contributed by atoms with Crippen molar-refractivity contribution in [2.24, 2.45) is 0 Å². The molecule has 2 N–H and O–H groups in total. The minimum atomic E-state index is -4.46. The first-order valence-electron chi connectivity index (χ1n) is 38.9. The van der Waals surface area contributed by atoms with Gasteiger partial charge in [-0.2, -0.15) is 0 Å². The molecule has 0 rings (SSSR count). The average molecular weight is 1300 g/mol. The summed E-state index contributed by atoms with van der Waals surface area (Å²) in [5.74, 6) is -0.495. The summed E-state index contributed by atoms with van der Waals surface area (Å²) >= 11 is 0. The van der Waals surface area contributed by atoms with Crippen LogP contribution in [0, 0.1) is 0 Å². The molecule has 10 heteroatoms. The average Bonchev–Trinajstić information content (AvgIpc) is 3.45. The van der Waals surface area contributed by atoms with Crippen LogP contribution in [0.2, 0.25) is 0 Å². The molecule has 0 radical (unpaired) electrons. The molecule has 0 aliphatic carbocycles. The highest BCUT2D eigenvalue weighted by atomic mass is 31.2. The Morgan fingerprint density at radius 1 is 0.385 bits per heavy atom. The number of phosphoric acid groups is 1. The molecule has 3 unspecified atom stereocenters. The van der Waals surface area contributed by atoms with Crippen molar-refractivity contribution in [3.05, 3.63) is 85.1 Å². The normalized spacial score (nSPS) is 13.9. The first-order valence-corrected chi connectivity index (χ1v) is 40.4. The molecule has 530 valence electrons. The Labute approximate surface area is 565 Å². The van der Waals surface area contributed by atoms with Crippen LogP contribution in [0.3, 0.4) is 0 Å². The number of hydrogen-bond acceptors (Lipinski definition) is 6. The Morgan fingerprint density at radius 3 is 1.02 bits per heavy atom. The second-order valence-electron chi connectivity index (χ2n) is 27.5. The van der Waals surface area contributed by atoms with Crippen molar-refractivity contribution in [3.8, 4) is 0 Å². The number of hydrogen-bond donors (Lipinski definition) is 2. The van der Waals surface area contributed by atoms with E-state index < -0.39 is 20.0 Å². The molecule has 0 heterocycles. The van der Waals surface area contributed by atoms with Gasteiger partial charge in [0.2, 0.25) is 5.91 Å².